The van der Waals surface area contributed by atoms with Gasteiger partial charge in [-0.15, -0.1) is 0 Å². The van der Waals surface area contributed by atoms with Gasteiger partial charge in [-0.1, -0.05) is 91.0 Å². The van der Waals surface area contributed by atoms with Crippen molar-refractivity contribution in [3.05, 3.63) is 108 Å². The average Bonchev–Trinajstić information content (AvgIpc) is 3.57. The van der Waals surface area contributed by atoms with Gasteiger partial charge in [0.1, 0.15) is 37.1 Å². The Bertz CT molecular complexity index is 1610. The third kappa shape index (κ3) is 10.2. The zero-order valence-electron chi connectivity index (χ0n) is 29.7. The molecule has 0 spiro atoms. The van der Waals surface area contributed by atoms with Gasteiger partial charge < -0.3 is 52.1 Å². The molecule has 0 aliphatic carbocycles. The van der Waals surface area contributed by atoms with Gasteiger partial charge in [0.25, 0.3) is 0 Å². The second-order valence-electron chi connectivity index (χ2n) is 12.7. The summed E-state index contributed by atoms with van der Waals surface area (Å²) in [4.78, 5) is 36.4. The zero-order valence-corrected chi connectivity index (χ0v) is 29.7. The van der Waals surface area contributed by atoms with Crippen LogP contribution in [0.1, 0.15) is 30.5 Å². The van der Waals surface area contributed by atoms with E-state index in [1.54, 1.807) is 0 Å². The summed E-state index contributed by atoms with van der Waals surface area (Å²) in [5.74, 6) is -1.26. The predicted octanol–water partition coefficient (Wildman–Crippen LogP) is 4.25. The summed E-state index contributed by atoms with van der Waals surface area (Å²) < 4.78 is 66.4. The van der Waals surface area contributed by atoms with Crippen molar-refractivity contribution in [3.8, 4) is 0 Å². The highest BCUT2D eigenvalue weighted by Gasteiger charge is 2.59. The van der Waals surface area contributed by atoms with Crippen LogP contribution in [0.5, 0.6) is 0 Å². The van der Waals surface area contributed by atoms with Crippen molar-refractivity contribution in [2.75, 3.05) is 20.3 Å². The number of rotatable bonds is 16. The monoisotopic (exact) mass is 736 g/mol. The van der Waals surface area contributed by atoms with E-state index in [9.17, 15) is 14.4 Å². The maximum absolute atomic E-state index is 12.5. The highest BCUT2D eigenvalue weighted by Crippen LogP contribution is 2.37. The lowest BCUT2D eigenvalue weighted by Crippen LogP contribution is -2.65. The highest BCUT2D eigenvalue weighted by molar-refractivity contribution is 5.67. The first kappa shape index (κ1) is 38.3. The number of fused-ring (bicyclic) bond motifs is 1. The van der Waals surface area contributed by atoms with E-state index >= 15 is 0 Å². The van der Waals surface area contributed by atoms with Crippen molar-refractivity contribution in [2.24, 2.45) is 0 Å². The molecular formula is C39H44O14. The maximum Gasteiger partial charge on any atom is 0.509 e. The Kier molecular flexibility index (Phi) is 13.4. The smallest absolute Gasteiger partial charge is 0.463 e. The fourth-order valence-corrected chi connectivity index (χ4v) is 6.46. The van der Waals surface area contributed by atoms with Crippen LogP contribution in [-0.4, -0.2) is 99.8 Å². The summed E-state index contributed by atoms with van der Waals surface area (Å²) in [6, 6.07) is 29.0. The van der Waals surface area contributed by atoms with Gasteiger partial charge in [0.05, 0.1) is 26.4 Å². The molecule has 0 radical (unpaired) electrons. The molecular weight excluding hydrogens is 692 g/mol. The van der Waals surface area contributed by atoms with Gasteiger partial charge >= 0.3 is 18.1 Å². The van der Waals surface area contributed by atoms with Crippen LogP contribution in [0.15, 0.2) is 91.0 Å². The van der Waals surface area contributed by atoms with Crippen molar-refractivity contribution in [2.45, 2.75) is 95.1 Å². The topological polar surface area (TPSA) is 153 Å². The van der Waals surface area contributed by atoms with Crippen LogP contribution in [0.3, 0.4) is 0 Å². The van der Waals surface area contributed by atoms with Gasteiger partial charge in [0.15, 0.2) is 30.9 Å². The van der Waals surface area contributed by atoms with Crippen LogP contribution >= 0.6 is 0 Å². The molecule has 284 valence electrons. The number of hydrogen-bond donors (Lipinski definition) is 0. The summed E-state index contributed by atoms with van der Waals surface area (Å²) in [6.45, 7) is 2.93. The quantitative estimate of drug-likeness (QED) is 0.152. The molecule has 0 N–H and O–H groups in total. The van der Waals surface area contributed by atoms with Crippen LogP contribution in [-0.2, 0) is 81.5 Å². The molecule has 3 aromatic rings. The van der Waals surface area contributed by atoms with Gasteiger partial charge in [0.2, 0.25) is 0 Å². The van der Waals surface area contributed by atoms with E-state index in [-0.39, 0.29) is 26.4 Å². The lowest BCUT2D eigenvalue weighted by Gasteiger charge is -2.48. The van der Waals surface area contributed by atoms with E-state index in [4.69, 9.17) is 52.1 Å². The number of esters is 2. The molecule has 3 aliphatic rings. The molecule has 0 saturated carbocycles. The fraction of sp³-hybridized carbons (Fsp3) is 0.462. The van der Waals surface area contributed by atoms with E-state index in [0.29, 0.717) is 6.61 Å². The van der Waals surface area contributed by atoms with Crippen LogP contribution in [0.4, 0.5) is 4.79 Å². The summed E-state index contributed by atoms with van der Waals surface area (Å²) in [7, 11) is 1.46. The summed E-state index contributed by atoms with van der Waals surface area (Å²) >= 11 is 0. The molecule has 0 bridgehead atoms. The van der Waals surface area contributed by atoms with Crippen LogP contribution in [0.2, 0.25) is 0 Å². The minimum absolute atomic E-state index is 0.122. The van der Waals surface area contributed by atoms with E-state index in [0.717, 1.165) is 16.7 Å². The van der Waals surface area contributed by atoms with Crippen LogP contribution in [0.25, 0.3) is 0 Å². The maximum atomic E-state index is 12.5. The first-order chi connectivity index (χ1) is 25.8. The molecule has 0 unspecified atom stereocenters. The van der Waals surface area contributed by atoms with Crippen LogP contribution in [0, 0.1) is 0 Å². The SMILES string of the molecule is CO[C@H]1O[C@H](COCc2ccccc2)[C@@H](OCc2ccccc2)[C@H](OCc2ccccc2)[C@H]1O[C@H]1O[C@H](COC(C)=O)[C@H](OC(C)=O)[C@@H]2OC(=O)O[C@@H]12. The Morgan fingerprint density at radius 1 is 0.604 bits per heavy atom. The number of methoxy groups -OCH3 is 1. The van der Waals surface area contributed by atoms with E-state index in [1.807, 2.05) is 91.0 Å². The lowest BCUT2D eigenvalue weighted by atomic mass is 9.96. The molecule has 3 heterocycles. The first-order valence-electron chi connectivity index (χ1n) is 17.4. The Labute approximate surface area is 307 Å². The second-order valence-corrected chi connectivity index (χ2v) is 12.7. The normalized spacial score (nSPS) is 29.4. The minimum atomic E-state index is -1.34. The van der Waals surface area contributed by atoms with Gasteiger partial charge in [-0.3, -0.25) is 9.59 Å². The number of benzene rings is 3. The standard InChI is InChI=1S/C39H44O14/c1-24(40)45-23-30-32(48-25(2)41)34-36(53-39(42)52-34)38(50-30)51-35-33(47-21-28-17-11-6-12-18-28)31(46-20-27-15-9-5-10-16-27)29(49-37(35)43-3)22-44-19-26-13-7-4-8-14-26/h4-18,29-38H,19-23H2,1-3H3/t29-,30-,31-,32+,33+,34+,35-,36-,37+,38-/m1/s1. The Balaban J connectivity index is 1.31. The Hall–Kier alpha value is -4.41. The molecule has 0 aromatic heterocycles. The first-order valence-corrected chi connectivity index (χ1v) is 17.4. The fourth-order valence-electron chi connectivity index (χ4n) is 6.46. The molecule has 10 atom stereocenters. The molecule has 3 aliphatic heterocycles. The van der Waals surface area contributed by atoms with Gasteiger partial charge in [-0.05, 0) is 16.7 Å². The average molecular weight is 737 g/mol. The van der Waals surface area contributed by atoms with Crippen molar-refractivity contribution >= 4 is 18.1 Å². The highest BCUT2D eigenvalue weighted by atomic mass is 16.8. The molecule has 14 heteroatoms. The number of hydrogen-bond acceptors (Lipinski definition) is 14. The number of ether oxygens (including phenoxy) is 11. The molecule has 0 amide bonds. The van der Waals surface area contributed by atoms with Crippen molar-refractivity contribution in [3.63, 3.8) is 0 Å². The van der Waals surface area contributed by atoms with Crippen molar-refractivity contribution < 1.29 is 66.5 Å². The van der Waals surface area contributed by atoms with Gasteiger partial charge in [0, 0.05) is 21.0 Å². The Morgan fingerprint density at radius 3 is 1.70 bits per heavy atom. The van der Waals surface area contributed by atoms with E-state index in [2.05, 4.69) is 0 Å². The molecule has 3 fully saturated rings. The Morgan fingerprint density at radius 2 is 1.13 bits per heavy atom. The van der Waals surface area contributed by atoms with E-state index < -0.39 is 79.5 Å². The summed E-state index contributed by atoms with van der Waals surface area (Å²) in [5.41, 5.74) is 2.80. The van der Waals surface area contributed by atoms with E-state index in [1.165, 1.54) is 21.0 Å². The summed E-state index contributed by atoms with van der Waals surface area (Å²) in [5, 5.41) is 0. The third-order valence-corrected chi connectivity index (χ3v) is 8.89. The molecule has 53 heavy (non-hydrogen) atoms. The third-order valence-electron chi connectivity index (χ3n) is 8.89. The van der Waals surface area contributed by atoms with Gasteiger partial charge in [-0.2, -0.15) is 0 Å². The van der Waals surface area contributed by atoms with Crippen molar-refractivity contribution in [1.29, 1.82) is 0 Å². The number of carbonyl (C=O) groups is 3. The lowest BCUT2D eigenvalue weighted by molar-refractivity contribution is -0.365. The number of carbonyl (C=O) groups excluding carboxylic acids is 3. The minimum Gasteiger partial charge on any atom is -0.463 e. The molecule has 6 rings (SSSR count). The second kappa shape index (κ2) is 18.6. The predicted molar refractivity (Wildman–Crippen MR) is 183 cm³/mol. The molecule has 14 nitrogen and oxygen atoms in total. The van der Waals surface area contributed by atoms with Gasteiger partial charge in [-0.25, -0.2) is 4.79 Å². The van der Waals surface area contributed by atoms with Crippen LogP contribution < -0.4 is 0 Å². The molecule has 3 saturated heterocycles. The largest absolute Gasteiger partial charge is 0.509 e. The zero-order chi connectivity index (χ0) is 37.2. The molecule has 3 aromatic carbocycles. The van der Waals surface area contributed by atoms with Crippen molar-refractivity contribution in [1.82, 2.24) is 0 Å². The summed E-state index contributed by atoms with van der Waals surface area (Å²) in [6.07, 6.45) is -11.4.